The van der Waals surface area contributed by atoms with Crippen molar-refractivity contribution in [3.63, 3.8) is 0 Å². The highest BCUT2D eigenvalue weighted by Crippen LogP contribution is 2.28. The Morgan fingerprint density at radius 1 is 0.932 bits per heavy atom. The molecule has 1 aliphatic rings. The minimum atomic E-state index is -0.994. The van der Waals surface area contributed by atoms with E-state index < -0.39 is 40.4 Å². The van der Waals surface area contributed by atoms with E-state index in [1.165, 1.54) is 12.1 Å². The van der Waals surface area contributed by atoms with Gasteiger partial charge in [-0.2, -0.15) is 0 Å². The predicted molar refractivity (Wildman–Crippen MR) is 165 cm³/mol. The van der Waals surface area contributed by atoms with Crippen molar-refractivity contribution in [1.82, 2.24) is 15.5 Å². The molecule has 0 saturated heterocycles. The van der Waals surface area contributed by atoms with E-state index >= 15 is 0 Å². The quantitative estimate of drug-likeness (QED) is 0.130. The minimum absolute atomic E-state index is 0.0319. The number of amides is 3. The highest BCUT2D eigenvalue weighted by Gasteiger charge is 2.38. The summed E-state index contributed by atoms with van der Waals surface area (Å²) in [5.74, 6) is -1.74. The Balaban J connectivity index is 1.50. The fourth-order valence-electron chi connectivity index (χ4n) is 5.09. The standard InChI is InChI=1S/C33H38N4O7/c1-20(2)16-28(29(38)34-19-21-10-12-24(13-11-21)37(42)43)35-27(32(41)44-33(3,4)5)14-15-36-30(39)25-17-22-8-6-7-9-23(22)18-26(25)31(36)40/h6-13,17-18,20,27-28,35H,14-16,19H2,1-5H3,(H,34,38)/t27-,28+/m1/s1. The molecule has 1 heterocycles. The summed E-state index contributed by atoms with van der Waals surface area (Å²) in [6.45, 7) is 9.18. The molecule has 0 aromatic heterocycles. The minimum Gasteiger partial charge on any atom is -0.459 e. The summed E-state index contributed by atoms with van der Waals surface area (Å²) < 4.78 is 5.65. The molecule has 11 nitrogen and oxygen atoms in total. The Kier molecular flexibility index (Phi) is 9.78. The first-order valence-electron chi connectivity index (χ1n) is 14.6. The van der Waals surface area contributed by atoms with Crippen LogP contribution in [0.3, 0.4) is 0 Å². The van der Waals surface area contributed by atoms with Crippen LogP contribution in [0.5, 0.6) is 0 Å². The average Bonchev–Trinajstić information content (AvgIpc) is 3.19. The van der Waals surface area contributed by atoms with E-state index in [9.17, 15) is 29.3 Å². The number of rotatable bonds is 12. The number of nitro groups is 1. The summed E-state index contributed by atoms with van der Waals surface area (Å²) in [5.41, 5.74) is 0.455. The van der Waals surface area contributed by atoms with Crippen molar-refractivity contribution < 1.29 is 28.8 Å². The van der Waals surface area contributed by atoms with Crippen LogP contribution in [0.4, 0.5) is 5.69 Å². The van der Waals surface area contributed by atoms with Crippen LogP contribution in [0.25, 0.3) is 10.8 Å². The summed E-state index contributed by atoms with van der Waals surface area (Å²) in [6.07, 6.45) is 0.426. The number of benzene rings is 3. The Hall–Kier alpha value is -4.64. The summed E-state index contributed by atoms with van der Waals surface area (Å²) in [5, 5.41) is 18.6. The van der Waals surface area contributed by atoms with Crippen LogP contribution in [-0.4, -0.2) is 57.7 Å². The number of ether oxygens (including phenoxy) is 1. The van der Waals surface area contributed by atoms with Gasteiger partial charge in [0.15, 0.2) is 0 Å². The van der Waals surface area contributed by atoms with E-state index in [0.717, 1.165) is 15.7 Å². The molecule has 1 aliphatic heterocycles. The number of fused-ring (bicyclic) bond motifs is 2. The lowest BCUT2D eigenvalue weighted by molar-refractivity contribution is -0.384. The highest BCUT2D eigenvalue weighted by atomic mass is 16.6. The number of hydrogen-bond donors (Lipinski definition) is 2. The summed E-state index contributed by atoms with van der Waals surface area (Å²) in [7, 11) is 0. The molecule has 11 heteroatoms. The molecular weight excluding hydrogens is 564 g/mol. The van der Waals surface area contributed by atoms with Gasteiger partial charge in [0.2, 0.25) is 5.91 Å². The zero-order valence-corrected chi connectivity index (χ0v) is 25.6. The number of hydrogen-bond acceptors (Lipinski definition) is 8. The lowest BCUT2D eigenvalue weighted by atomic mass is 10.0. The number of non-ortho nitro benzene ring substituents is 1. The monoisotopic (exact) mass is 602 g/mol. The van der Waals surface area contributed by atoms with Crippen molar-refractivity contribution in [2.45, 2.75) is 71.7 Å². The van der Waals surface area contributed by atoms with Crippen LogP contribution in [0.15, 0.2) is 60.7 Å². The molecule has 0 unspecified atom stereocenters. The van der Waals surface area contributed by atoms with Crippen molar-refractivity contribution in [2.75, 3.05) is 6.54 Å². The second kappa shape index (κ2) is 13.3. The van der Waals surface area contributed by atoms with Crippen LogP contribution < -0.4 is 10.6 Å². The third kappa shape index (κ3) is 7.84. The molecule has 0 fully saturated rings. The second-order valence-corrected chi connectivity index (χ2v) is 12.4. The number of esters is 1. The van der Waals surface area contributed by atoms with E-state index in [4.69, 9.17) is 4.74 Å². The normalized spacial score (nSPS) is 14.5. The van der Waals surface area contributed by atoms with Gasteiger partial charge in [-0.25, -0.2) is 0 Å². The van der Waals surface area contributed by atoms with Gasteiger partial charge >= 0.3 is 5.97 Å². The van der Waals surface area contributed by atoms with Crippen LogP contribution >= 0.6 is 0 Å². The van der Waals surface area contributed by atoms with E-state index in [-0.39, 0.29) is 37.0 Å². The number of carbonyl (C=O) groups excluding carboxylic acids is 4. The molecule has 0 radical (unpaired) electrons. The molecule has 232 valence electrons. The molecule has 0 aliphatic carbocycles. The molecule has 3 aromatic carbocycles. The van der Waals surface area contributed by atoms with Crippen LogP contribution in [0.2, 0.25) is 0 Å². The largest absolute Gasteiger partial charge is 0.459 e. The fourth-order valence-corrected chi connectivity index (χ4v) is 5.09. The first kappa shape index (κ1) is 32.3. The summed E-state index contributed by atoms with van der Waals surface area (Å²) >= 11 is 0. The summed E-state index contributed by atoms with van der Waals surface area (Å²) in [4.78, 5) is 64.9. The number of nitrogens with zero attached hydrogens (tertiary/aromatic N) is 2. The Bertz CT molecular complexity index is 1520. The maximum Gasteiger partial charge on any atom is 0.323 e. The maximum absolute atomic E-state index is 13.4. The molecule has 0 spiro atoms. The molecule has 4 rings (SSSR count). The van der Waals surface area contributed by atoms with E-state index in [1.54, 1.807) is 45.0 Å². The lowest BCUT2D eigenvalue weighted by Gasteiger charge is -2.29. The van der Waals surface area contributed by atoms with Gasteiger partial charge in [0, 0.05) is 25.2 Å². The third-order valence-corrected chi connectivity index (χ3v) is 7.21. The molecule has 2 N–H and O–H groups in total. The van der Waals surface area contributed by atoms with Crippen molar-refractivity contribution in [2.24, 2.45) is 5.92 Å². The van der Waals surface area contributed by atoms with E-state index in [0.29, 0.717) is 23.1 Å². The van der Waals surface area contributed by atoms with Gasteiger partial charge in [-0.3, -0.25) is 39.5 Å². The molecule has 44 heavy (non-hydrogen) atoms. The topological polar surface area (TPSA) is 148 Å². The Morgan fingerprint density at radius 2 is 1.50 bits per heavy atom. The van der Waals surface area contributed by atoms with Crippen LogP contribution in [-0.2, 0) is 20.9 Å². The lowest BCUT2D eigenvalue weighted by Crippen LogP contribution is -2.53. The van der Waals surface area contributed by atoms with Gasteiger partial charge in [0.05, 0.1) is 22.1 Å². The average molecular weight is 603 g/mol. The van der Waals surface area contributed by atoms with Crippen molar-refractivity contribution in [3.05, 3.63) is 87.5 Å². The smallest absolute Gasteiger partial charge is 0.323 e. The fraction of sp³-hybridized carbons (Fsp3) is 0.394. The van der Waals surface area contributed by atoms with Crippen LogP contribution in [0.1, 0.15) is 73.7 Å². The predicted octanol–water partition coefficient (Wildman–Crippen LogP) is 4.77. The molecular formula is C33H38N4O7. The second-order valence-electron chi connectivity index (χ2n) is 12.4. The van der Waals surface area contributed by atoms with Gasteiger partial charge in [-0.15, -0.1) is 0 Å². The molecule has 2 atom stereocenters. The zero-order chi connectivity index (χ0) is 32.2. The number of carbonyl (C=O) groups is 4. The molecule has 0 bridgehead atoms. The summed E-state index contributed by atoms with van der Waals surface area (Å²) in [6, 6.07) is 15.0. The van der Waals surface area contributed by atoms with Crippen molar-refractivity contribution in [3.8, 4) is 0 Å². The maximum atomic E-state index is 13.4. The molecule has 3 amide bonds. The van der Waals surface area contributed by atoms with Gasteiger partial charge in [-0.1, -0.05) is 50.2 Å². The SMILES string of the molecule is CC(C)C[C@H](N[C@H](CCN1C(=O)c2cc3ccccc3cc2C1=O)C(=O)OC(C)(C)C)C(=O)NCc1ccc([N+](=O)[O-])cc1. The van der Waals surface area contributed by atoms with Crippen molar-refractivity contribution in [1.29, 1.82) is 0 Å². The van der Waals surface area contributed by atoms with Crippen LogP contribution in [0, 0.1) is 16.0 Å². The van der Waals surface area contributed by atoms with E-state index in [1.807, 2.05) is 38.1 Å². The molecule has 0 saturated carbocycles. The van der Waals surface area contributed by atoms with Gasteiger partial charge < -0.3 is 10.1 Å². The number of nitrogens with one attached hydrogen (secondary N) is 2. The van der Waals surface area contributed by atoms with Gasteiger partial charge in [-0.05, 0) is 68.0 Å². The highest BCUT2D eigenvalue weighted by molar-refractivity contribution is 6.23. The molecule has 3 aromatic rings. The van der Waals surface area contributed by atoms with E-state index in [2.05, 4.69) is 10.6 Å². The van der Waals surface area contributed by atoms with Crippen molar-refractivity contribution >= 4 is 40.2 Å². The zero-order valence-electron chi connectivity index (χ0n) is 25.6. The third-order valence-electron chi connectivity index (χ3n) is 7.21. The Labute approximate surface area is 256 Å². The number of nitro benzene ring substituents is 1. The Morgan fingerprint density at radius 3 is 2.00 bits per heavy atom. The first-order chi connectivity index (χ1) is 20.7. The first-order valence-corrected chi connectivity index (χ1v) is 14.6. The van der Waals surface area contributed by atoms with Gasteiger partial charge in [0.25, 0.3) is 17.5 Å². The number of imide groups is 1. The van der Waals surface area contributed by atoms with Gasteiger partial charge in [0.1, 0.15) is 11.6 Å².